The van der Waals surface area contributed by atoms with E-state index >= 15 is 0 Å². The van der Waals surface area contributed by atoms with Crippen LogP contribution in [0.4, 0.5) is 0 Å². The summed E-state index contributed by atoms with van der Waals surface area (Å²) in [6.45, 7) is 0. The van der Waals surface area contributed by atoms with E-state index in [1.165, 1.54) is 11.3 Å². The van der Waals surface area contributed by atoms with Crippen molar-refractivity contribution >= 4 is 39.5 Å². The van der Waals surface area contributed by atoms with E-state index in [2.05, 4.69) is 25.5 Å². The molecule has 132 valence electrons. The summed E-state index contributed by atoms with van der Waals surface area (Å²) in [6, 6.07) is 17.3. The third kappa shape index (κ3) is 2.90. The Bertz CT molecular complexity index is 1260. The maximum absolute atomic E-state index is 6.12. The van der Waals surface area contributed by atoms with E-state index in [1.807, 2.05) is 42.5 Å². The minimum Gasteiger partial charge on any atom is -0.274 e. The van der Waals surface area contributed by atoms with E-state index in [0.717, 1.165) is 27.5 Å². The molecule has 0 bridgehead atoms. The van der Waals surface area contributed by atoms with Crippen molar-refractivity contribution in [1.29, 1.82) is 0 Å². The lowest BCUT2D eigenvalue weighted by molar-refractivity contribution is 0.955. The van der Waals surface area contributed by atoms with Gasteiger partial charge in [-0.25, -0.2) is 0 Å². The highest BCUT2D eigenvalue weighted by Gasteiger charge is 2.17. The molecule has 0 saturated carbocycles. The molecule has 0 atom stereocenters. The molecule has 5 aromatic rings. The molecule has 0 unspecified atom stereocenters. The highest BCUT2D eigenvalue weighted by atomic mass is 35.5. The molecule has 3 aromatic heterocycles. The van der Waals surface area contributed by atoms with Gasteiger partial charge in [-0.15, -0.1) is 10.2 Å². The molecule has 2 aromatic carbocycles. The average molecular weight is 413 g/mol. The van der Waals surface area contributed by atoms with Crippen LogP contribution >= 0.6 is 34.5 Å². The monoisotopic (exact) mass is 412 g/mol. The zero-order chi connectivity index (χ0) is 18.4. The molecule has 0 aliphatic rings. The lowest BCUT2D eigenvalue weighted by Crippen LogP contribution is -1.91. The number of nitrogens with zero attached hydrogens (tertiary/aromatic N) is 5. The van der Waals surface area contributed by atoms with Crippen LogP contribution in [0.15, 0.2) is 54.6 Å². The van der Waals surface area contributed by atoms with Crippen molar-refractivity contribution in [3.63, 3.8) is 0 Å². The van der Waals surface area contributed by atoms with Crippen LogP contribution in [0.2, 0.25) is 10.0 Å². The van der Waals surface area contributed by atoms with E-state index in [9.17, 15) is 0 Å². The molecule has 0 saturated heterocycles. The summed E-state index contributed by atoms with van der Waals surface area (Å²) < 4.78 is 1.70. The predicted octanol–water partition coefficient (Wildman–Crippen LogP) is 5.22. The fourth-order valence-electron chi connectivity index (χ4n) is 2.72. The number of hydrogen-bond donors (Lipinski definition) is 1. The SMILES string of the molecule is Clc1ccc(-c2nn3c(-c4cc(-c5ccccc5)n[nH]4)nnc3s2)cc1Cl. The van der Waals surface area contributed by atoms with Crippen molar-refractivity contribution in [3.8, 4) is 33.3 Å². The van der Waals surface area contributed by atoms with Crippen molar-refractivity contribution in [2.24, 2.45) is 0 Å². The van der Waals surface area contributed by atoms with Crippen LogP contribution in [0, 0.1) is 0 Å². The number of nitrogens with one attached hydrogen (secondary N) is 1. The molecule has 0 aliphatic carbocycles. The summed E-state index contributed by atoms with van der Waals surface area (Å²) in [5, 5.41) is 22.3. The van der Waals surface area contributed by atoms with Crippen LogP contribution in [0.5, 0.6) is 0 Å². The van der Waals surface area contributed by atoms with Gasteiger partial charge >= 0.3 is 0 Å². The molecule has 27 heavy (non-hydrogen) atoms. The highest BCUT2D eigenvalue weighted by Crippen LogP contribution is 2.32. The van der Waals surface area contributed by atoms with Gasteiger partial charge in [-0.1, -0.05) is 70.9 Å². The Hall–Kier alpha value is -2.74. The standard InChI is InChI=1S/C18H10Cl2N6S/c19-12-7-6-11(8-13(12)20)17-25-26-16(23-24-18(26)27-17)15-9-14(21-22-15)10-4-2-1-3-5-10/h1-9H,(H,21,22). The molecule has 0 aliphatic heterocycles. The molecule has 0 radical (unpaired) electrons. The van der Waals surface area contributed by atoms with Crippen molar-refractivity contribution in [3.05, 3.63) is 64.6 Å². The minimum atomic E-state index is 0.487. The van der Waals surface area contributed by atoms with Crippen molar-refractivity contribution in [1.82, 2.24) is 30.0 Å². The smallest absolute Gasteiger partial charge is 0.235 e. The number of fused-ring (bicyclic) bond motifs is 1. The Morgan fingerprint density at radius 2 is 1.74 bits per heavy atom. The number of aromatic amines is 1. The quantitative estimate of drug-likeness (QED) is 0.440. The zero-order valence-corrected chi connectivity index (χ0v) is 15.9. The predicted molar refractivity (Wildman–Crippen MR) is 107 cm³/mol. The van der Waals surface area contributed by atoms with Gasteiger partial charge in [0.2, 0.25) is 10.8 Å². The molecule has 0 fully saturated rings. The summed E-state index contributed by atoms with van der Waals surface area (Å²) in [7, 11) is 0. The van der Waals surface area contributed by atoms with Crippen LogP contribution in [0.3, 0.4) is 0 Å². The second kappa shape index (κ2) is 6.45. The fraction of sp³-hybridized carbons (Fsp3) is 0. The Balaban J connectivity index is 1.56. The number of halogens is 2. The molecule has 5 rings (SSSR count). The van der Waals surface area contributed by atoms with E-state index in [-0.39, 0.29) is 0 Å². The van der Waals surface area contributed by atoms with Crippen LogP contribution in [0.25, 0.3) is 38.3 Å². The first-order chi connectivity index (χ1) is 13.2. The van der Waals surface area contributed by atoms with Crippen molar-refractivity contribution in [2.45, 2.75) is 0 Å². The third-order valence-electron chi connectivity index (χ3n) is 4.05. The molecule has 0 amide bonds. The number of hydrogen-bond acceptors (Lipinski definition) is 5. The summed E-state index contributed by atoms with van der Waals surface area (Å²) >= 11 is 13.5. The summed E-state index contributed by atoms with van der Waals surface area (Å²) in [4.78, 5) is 0.682. The van der Waals surface area contributed by atoms with Gasteiger partial charge in [0.05, 0.1) is 15.7 Å². The molecular formula is C18H10Cl2N6S. The lowest BCUT2D eigenvalue weighted by Gasteiger charge is -1.98. The second-order valence-electron chi connectivity index (χ2n) is 5.79. The van der Waals surface area contributed by atoms with Gasteiger partial charge in [0, 0.05) is 11.1 Å². The number of aromatic nitrogens is 6. The van der Waals surface area contributed by atoms with E-state index < -0.39 is 0 Å². The maximum Gasteiger partial charge on any atom is 0.235 e. The molecule has 1 N–H and O–H groups in total. The zero-order valence-electron chi connectivity index (χ0n) is 13.6. The van der Waals surface area contributed by atoms with Gasteiger partial charge in [0.25, 0.3) is 0 Å². The Morgan fingerprint density at radius 1 is 0.889 bits per heavy atom. The van der Waals surface area contributed by atoms with Gasteiger partial charge in [-0.2, -0.15) is 14.7 Å². The van der Waals surface area contributed by atoms with Crippen molar-refractivity contribution < 1.29 is 0 Å². The lowest BCUT2D eigenvalue weighted by atomic mass is 10.1. The Kier molecular flexibility index (Phi) is 3.93. The Morgan fingerprint density at radius 3 is 2.56 bits per heavy atom. The summed E-state index contributed by atoms with van der Waals surface area (Å²) in [5.74, 6) is 0.599. The van der Waals surface area contributed by atoms with E-state index in [0.29, 0.717) is 20.8 Å². The van der Waals surface area contributed by atoms with E-state index in [4.69, 9.17) is 23.2 Å². The molecule has 9 heteroatoms. The molecule has 6 nitrogen and oxygen atoms in total. The topological polar surface area (TPSA) is 71.8 Å². The Labute approximate surface area is 167 Å². The van der Waals surface area contributed by atoms with Crippen LogP contribution in [0.1, 0.15) is 0 Å². The number of rotatable bonds is 3. The molecule has 3 heterocycles. The first-order valence-electron chi connectivity index (χ1n) is 7.98. The van der Waals surface area contributed by atoms with Gasteiger partial charge < -0.3 is 0 Å². The van der Waals surface area contributed by atoms with Gasteiger partial charge in [0.1, 0.15) is 10.7 Å². The third-order valence-corrected chi connectivity index (χ3v) is 5.73. The number of benzene rings is 2. The fourth-order valence-corrected chi connectivity index (χ4v) is 3.86. The maximum atomic E-state index is 6.12. The second-order valence-corrected chi connectivity index (χ2v) is 7.56. The van der Waals surface area contributed by atoms with Crippen molar-refractivity contribution in [2.75, 3.05) is 0 Å². The largest absolute Gasteiger partial charge is 0.274 e. The minimum absolute atomic E-state index is 0.487. The summed E-state index contributed by atoms with van der Waals surface area (Å²) in [6.07, 6.45) is 0. The summed E-state index contributed by atoms with van der Waals surface area (Å²) in [5.41, 5.74) is 3.48. The van der Waals surface area contributed by atoms with Gasteiger partial charge in [-0.05, 0) is 18.2 Å². The van der Waals surface area contributed by atoms with Crippen LogP contribution in [-0.2, 0) is 0 Å². The molecule has 0 spiro atoms. The molecular weight excluding hydrogens is 403 g/mol. The average Bonchev–Trinajstić information content (AvgIpc) is 3.40. The van der Waals surface area contributed by atoms with Gasteiger partial charge in [0.15, 0.2) is 0 Å². The first-order valence-corrected chi connectivity index (χ1v) is 9.55. The number of H-pyrrole nitrogens is 1. The normalized spacial score (nSPS) is 11.3. The first kappa shape index (κ1) is 16.4. The van der Waals surface area contributed by atoms with Crippen LogP contribution in [-0.4, -0.2) is 30.0 Å². The van der Waals surface area contributed by atoms with E-state index in [1.54, 1.807) is 16.6 Å². The van der Waals surface area contributed by atoms with Crippen LogP contribution < -0.4 is 0 Å². The highest BCUT2D eigenvalue weighted by molar-refractivity contribution is 7.19. The van der Waals surface area contributed by atoms with Gasteiger partial charge in [-0.3, -0.25) is 5.10 Å².